The van der Waals surface area contributed by atoms with Crippen molar-refractivity contribution in [3.05, 3.63) is 0 Å². The van der Waals surface area contributed by atoms with Gasteiger partial charge in [-0.1, -0.05) is 6.92 Å². The molecule has 0 bridgehead atoms. The van der Waals surface area contributed by atoms with Crippen LogP contribution in [0.3, 0.4) is 0 Å². The van der Waals surface area contributed by atoms with E-state index < -0.39 is 10.0 Å². The lowest BCUT2D eigenvalue weighted by molar-refractivity contribution is 0.208. The molecule has 1 aliphatic heterocycles. The van der Waals surface area contributed by atoms with E-state index in [1.165, 1.54) is 0 Å². The zero-order valence-corrected chi connectivity index (χ0v) is 10.1. The topological polar surface area (TPSA) is 75.4 Å². The normalized spacial score (nSPS) is 20.7. The van der Waals surface area contributed by atoms with E-state index in [1.54, 1.807) is 0 Å². The van der Waals surface area contributed by atoms with Crippen molar-refractivity contribution in [1.29, 1.82) is 0 Å². The van der Waals surface area contributed by atoms with Gasteiger partial charge in [-0.2, -0.15) is 0 Å². The van der Waals surface area contributed by atoms with Gasteiger partial charge in [0.15, 0.2) is 0 Å². The van der Waals surface area contributed by atoms with Gasteiger partial charge in [0.2, 0.25) is 10.0 Å². The summed E-state index contributed by atoms with van der Waals surface area (Å²) in [7, 11) is -3.31. The van der Waals surface area contributed by atoms with Gasteiger partial charge in [0.25, 0.3) is 0 Å². The fourth-order valence-electron chi connectivity index (χ4n) is 1.86. The summed E-state index contributed by atoms with van der Waals surface area (Å²) in [6.45, 7) is 5.93. The number of nitrogens with one attached hydrogen (secondary N) is 1. The number of hydrogen-bond acceptors (Lipinski definition) is 4. The molecule has 1 saturated heterocycles. The van der Waals surface area contributed by atoms with E-state index in [0.29, 0.717) is 12.6 Å². The third-order valence-corrected chi connectivity index (χ3v) is 3.63. The summed E-state index contributed by atoms with van der Waals surface area (Å²) in [4.78, 5) is 2.40. The molecule has 1 heterocycles. The predicted molar refractivity (Wildman–Crippen MR) is 61.1 cm³/mol. The van der Waals surface area contributed by atoms with Crippen LogP contribution in [0.15, 0.2) is 0 Å². The van der Waals surface area contributed by atoms with Gasteiger partial charge in [0.1, 0.15) is 0 Å². The molecule has 90 valence electrons. The summed E-state index contributed by atoms with van der Waals surface area (Å²) >= 11 is 0. The number of rotatable bonds is 5. The number of primary sulfonamides is 1. The number of sulfonamides is 1. The number of nitrogens with two attached hydrogens (primary N) is 1. The van der Waals surface area contributed by atoms with E-state index in [0.717, 1.165) is 32.5 Å². The van der Waals surface area contributed by atoms with Crippen molar-refractivity contribution in [3.63, 3.8) is 0 Å². The van der Waals surface area contributed by atoms with Crippen LogP contribution in [0.25, 0.3) is 0 Å². The Hall–Kier alpha value is -0.170. The van der Waals surface area contributed by atoms with Crippen molar-refractivity contribution in [2.75, 3.05) is 31.9 Å². The molecule has 0 radical (unpaired) electrons. The minimum atomic E-state index is -3.31. The van der Waals surface area contributed by atoms with Crippen LogP contribution in [0.5, 0.6) is 0 Å². The first-order valence-electron chi connectivity index (χ1n) is 5.47. The highest BCUT2D eigenvalue weighted by Crippen LogP contribution is 2.09. The molecule has 0 saturated carbocycles. The second kappa shape index (κ2) is 5.79. The first kappa shape index (κ1) is 12.9. The maximum Gasteiger partial charge on any atom is 0.210 e. The quantitative estimate of drug-likeness (QED) is 0.664. The Balaban J connectivity index is 2.14. The summed E-state index contributed by atoms with van der Waals surface area (Å²) in [6.07, 6.45) is 2.19. The molecule has 0 atom stereocenters. The molecular formula is C9H21N3O2S. The van der Waals surface area contributed by atoms with E-state index in [-0.39, 0.29) is 5.75 Å². The van der Waals surface area contributed by atoms with Crippen molar-refractivity contribution in [2.45, 2.75) is 25.8 Å². The number of piperidine rings is 1. The second-order valence-corrected chi connectivity index (χ2v) is 5.76. The molecular weight excluding hydrogens is 214 g/mol. The Morgan fingerprint density at radius 3 is 2.47 bits per heavy atom. The van der Waals surface area contributed by atoms with Crippen molar-refractivity contribution >= 4 is 10.0 Å². The van der Waals surface area contributed by atoms with Gasteiger partial charge < -0.3 is 10.2 Å². The Kier molecular flexibility index (Phi) is 4.98. The molecule has 0 aromatic heterocycles. The highest BCUT2D eigenvalue weighted by Gasteiger charge is 2.17. The highest BCUT2D eigenvalue weighted by molar-refractivity contribution is 7.89. The molecule has 5 nitrogen and oxygen atoms in total. The maximum absolute atomic E-state index is 10.7. The van der Waals surface area contributed by atoms with Crippen LogP contribution in [0.1, 0.15) is 19.8 Å². The van der Waals surface area contributed by atoms with Gasteiger partial charge in [0, 0.05) is 12.6 Å². The van der Waals surface area contributed by atoms with Crippen LogP contribution in [-0.4, -0.2) is 51.3 Å². The average molecular weight is 235 g/mol. The van der Waals surface area contributed by atoms with Crippen LogP contribution in [0, 0.1) is 0 Å². The first-order chi connectivity index (χ1) is 7.01. The van der Waals surface area contributed by atoms with Crippen LogP contribution < -0.4 is 10.5 Å². The van der Waals surface area contributed by atoms with E-state index in [1.807, 2.05) is 0 Å². The second-order valence-electron chi connectivity index (χ2n) is 4.03. The summed E-state index contributed by atoms with van der Waals surface area (Å²) in [5, 5.41) is 8.16. The molecule has 1 fully saturated rings. The van der Waals surface area contributed by atoms with Gasteiger partial charge in [0.05, 0.1) is 5.75 Å². The van der Waals surface area contributed by atoms with E-state index in [2.05, 4.69) is 17.1 Å². The monoisotopic (exact) mass is 235 g/mol. The standard InChI is InChI=1S/C9H21N3O2S/c1-2-12-6-3-9(4-7-12)11-5-8-15(10,13)14/h9,11H,2-8H2,1H3,(H2,10,13,14). The summed E-state index contributed by atoms with van der Waals surface area (Å²) in [5.74, 6) is 0.0288. The van der Waals surface area contributed by atoms with Gasteiger partial charge in [-0.25, -0.2) is 13.6 Å². The molecule has 0 spiro atoms. The molecule has 15 heavy (non-hydrogen) atoms. The lowest BCUT2D eigenvalue weighted by Crippen LogP contribution is -2.43. The van der Waals surface area contributed by atoms with Crippen molar-refractivity contribution in [3.8, 4) is 0 Å². The zero-order valence-electron chi connectivity index (χ0n) is 9.28. The largest absolute Gasteiger partial charge is 0.313 e. The molecule has 0 amide bonds. The summed E-state index contributed by atoms with van der Waals surface area (Å²) in [6, 6.07) is 0.453. The highest BCUT2D eigenvalue weighted by atomic mass is 32.2. The number of nitrogens with zero attached hydrogens (tertiary/aromatic N) is 1. The number of hydrogen-bond donors (Lipinski definition) is 2. The third-order valence-electron chi connectivity index (χ3n) is 2.85. The predicted octanol–water partition coefficient (Wildman–Crippen LogP) is -0.651. The minimum Gasteiger partial charge on any atom is -0.313 e. The van der Waals surface area contributed by atoms with Crippen molar-refractivity contribution in [2.24, 2.45) is 5.14 Å². The molecule has 1 aliphatic rings. The van der Waals surface area contributed by atoms with Gasteiger partial charge >= 0.3 is 0 Å². The van der Waals surface area contributed by atoms with Crippen LogP contribution in [0.4, 0.5) is 0 Å². The van der Waals surface area contributed by atoms with Crippen LogP contribution in [-0.2, 0) is 10.0 Å². The molecule has 6 heteroatoms. The average Bonchev–Trinajstić information content (AvgIpc) is 2.17. The Bertz CT molecular complexity index is 271. The fourth-order valence-corrected chi connectivity index (χ4v) is 2.26. The molecule has 0 aromatic rings. The van der Waals surface area contributed by atoms with Crippen molar-refractivity contribution in [1.82, 2.24) is 10.2 Å². The summed E-state index contributed by atoms with van der Waals surface area (Å²) < 4.78 is 21.4. The SMILES string of the molecule is CCN1CCC(NCCS(N)(=O)=O)CC1. The molecule has 0 aliphatic carbocycles. The minimum absolute atomic E-state index is 0.0288. The Morgan fingerprint density at radius 2 is 2.00 bits per heavy atom. The van der Waals surface area contributed by atoms with E-state index in [9.17, 15) is 8.42 Å². The van der Waals surface area contributed by atoms with E-state index >= 15 is 0 Å². The van der Waals surface area contributed by atoms with Crippen LogP contribution in [0.2, 0.25) is 0 Å². The molecule has 1 rings (SSSR count). The van der Waals surface area contributed by atoms with Gasteiger partial charge in [-0.05, 0) is 32.5 Å². The van der Waals surface area contributed by atoms with Crippen molar-refractivity contribution < 1.29 is 8.42 Å². The molecule has 0 aromatic carbocycles. The van der Waals surface area contributed by atoms with Gasteiger partial charge in [-0.15, -0.1) is 0 Å². The maximum atomic E-state index is 10.7. The zero-order chi connectivity index (χ0) is 11.3. The lowest BCUT2D eigenvalue weighted by Gasteiger charge is -2.31. The van der Waals surface area contributed by atoms with Gasteiger partial charge in [-0.3, -0.25) is 0 Å². The van der Waals surface area contributed by atoms with E-state index in [4.69, 9.17) is 5.14 Å². The number of likely N-dealkylation sites (tertiary alicyclic amines) is 1. The smallest absolute Gasteiger partial charge is 0.210 e. The Labute approximate surface area is 92.1 Å². The summed E-state index contributed by atoms with van der Waals surface area (Å²) in [5.41, 5.74) is 0. The first-order valence-corrected chi connectivity index (χ1v) is 7.19. The molecule has 0 unspecified atom stereocenters. The fraction of sp³-hybridized carbons (Fsp3) is 1.00. The Morgan fingerprint density at radius 1 is 1.40 bits per heavy atom. The molecule has 3 N–H and O–H groups in total. The third kappa shape index (κ3) is 5.46. The lowest BCUT2D eigenvalue weighted by atomic mass is 10.1. The van der Waals surface area contributed by atoms with Crippen LogP contribution >= 0.6 is 0 Å².